The van der Waals surface area contributed by atoms with Crippen LogP contribution in [0.2, 0.25) is 0 Å². The molecule has 0 fully saturated rings. The van der Waals surface area contributed by atoms with Crippen molar-refractivity contribution in [2.75, 3.05) is 7.11 Å². The highest BCUT2D eigenvalue weighted by Crippen LogP contribution is 2.21. The van der Waals surface area contributed by atoms with Gasteiger partial charge in [0.25, 0.3) is 0 Å². The Hall–Kier alpha value is -3.26. The standard InChI is InChI=1S/C23H25NO4/c1-6-16-7-11-18(12-8-16)19-13-9-17(10-14-19)15-20(21(25)27-5)24-22(26)28-23(2,3)4/h1,7-14,20H,15H2,2-5H3,(H,24,26). The number of nitrogens with one attached hydrogen (secondary N) is 1. The van der Waals surface area contributed by atoms with Crippen LogP contribution in [0.25, 0.3) is 11.1 Å². The first-order valence-corrected chi connectivity index (χ1v) is 8.95. The minimum Gasteiger partial charge on any atom is -0.467 e. The van der Waals surface area contributed by atoms with Crippen LogP contribution in [-0.2, 0) is 20.7 Å². The molecule has 0 saturated carbocycles. The van der Waals surface area contributed by atoms with Crippen molar-refractivity contribution in [3.63, 3.8) is 0 Å². The average molecular weight is 379 g/mol. The molecule has 0 aliphatic carbocycles. The van der Waals surface area contributed by atoms with E-state index in [0.29, 0.717) is 6.42 Å². The van der Waals surface area contributed by atoms with Crippen molar-refractivity contribution >= 4 is 12.1 Å². The van der Waals surface area contributed by atoms with Crippen molar-refractivity contribution in [1.29, 1.82) is 0 Å². The van der Waals surface area contributed by atoms with Gasteiger partial charge in [0.2, 0.25) is 0 Å². The van der Waals surface area contributed by atoms with E-state index in [0.717, 1.165) is 22.3 Å². The number of methoxy groups -OCH3 is 1. The van der Waals surface area contributed by atoms with Crippen LogP contribution in [0.3, 0.4) is 0 Å². The molecule has 2 aromatic rings. The summed E-state index contributed by atoms with van der Waals surface area (Å²) in [5.74, 6) is 2.07. The highest BCUT2D eigenvalue weighted by atomic mass is 16.6. The van der Waals surface area contributed by atoms with Gasteiger partial charge in [0.15, 0.2) is 0 Å². The maximum atomic E-state index is 12.1. The summed E-state index contributed by atoms with van der Waals surface area (Å²) >= 11 is 0. The molecule has 0 spiro atoms. The fraction of sp³-hybridized carbons (Fsp3) is 0.304. The van der Waals surface area contributed by atoms with E-state index in [9.17, 15) is 9.59 Å². The summed E-state index contributed by atoms with van der Waals surface area (Å²) in [7, 11) is 1.29. The molecule has 0 aliphatic heterocycles. The molecule has 0 heterocycles. The number of carbonyl (C=O) groups is 2. The van der Waals surface area contributed by atoms with E-state index in [2.05, 4.69) is 11.2 Å². The second-order valence-electron chi connectivity index (χ2n) is 7.34. The first kappa shape index (κ1) is 21.0. The van der Waals surface area contributed by atoms with Crippen molar-refractivity contribution in [3.8, 4) is 23.5 Å². The van der Waals surface area contributed by atoms with E-state index < -0.39 is 23.7 Å². The fourth-order valence-electron chi connectivity index (χ4n) is 2.61. The molecule has 1 atom stereocenters. The van der Waals surface area contributed by atoms with Gasteiger partial charge in [-0.3, -0.25) is 0 Å². The maximum Gasteiger partial charge on any atom is 0.408 e. The van der Waals surface area contributed by atoms with Crippen molar-refractivity contribution in [2.45, 2.75) is 38.8 Å². The van der Waals surface area contributed by atoms with Crippen LogP contribution in [0.5, 0.6) is 0 Å². The third-order valence-electron chi connectivity index (χ3n) is 3.96. The van der Waals surface area contributed by atoms with E-state index in [1.54, 1.807) is 20.8 Å². The molecule has 1 unspecified atom stereocenters. The van der Waals surface area contributed by atoms with Gasteiger partial charge in [-0.2, -0.15) is 0 Å². The molecule has 146 valence electrons. The van der Waals surface area contributed by atoms with Gasteiger partial charge in [0, 0.05) is 12.0 Å². The number of hydrogen-bond acceptors (Lipinski definition) is 4. The van der Waals surface area contributed by atoms with Crippen LogP contribution >= 0.6 is 0 Å². The van der Waals surface area contributed by atoms with Crippen LogP contribution in [-0.4, -0.2) is 30.8 Å². The molecule has 1 amide bonds. The van der Waals surface area contributed by atoms with Crippen LogP contribution in [0.1, 0.15) is 31.9 Å². The van der Waals surface area contributed by atoms with Gasteiger partial charge in [-0.1, -0.05) is 42.3 Å². The van der Waals surface area contributed by atoms with E-state index in [-0.39, 0.29) is 0 Å². The molecular weight excluding hydrogens is 354 g/mol. The lowest BCUT2D eigenvalue weighted by Crippen LogP contribution is -2.45. The van der Waals surface area contributed by atoms with Crippen molar-refractivity contribution < 1.29 is 19.1 Å². The monoisotopic (exact) mass is 379 g/mol. The number of amides is 1. The van der Waals surface area contributed by atoms with E-state index in [1.807, 2.05) is 48.5 Å². The normalized spacial score (nSPS) is 11.8. The maximum absolute atomic E-state index is 12.1. The summed E-state index contributed by atoms with van der Waals surface area (Å²) in [5, 5.41) is 2.58. The van der Waals surface area contributed by atoms with Gasteiger partial charge in [0.05, 0.1) is 7.11 Å². The predicted octanol–water partition coefficient (Wildman–Crippen LogP) is 3.94. The highest BCUT2D eigenvalue weighted by Gasteiger charge is 2.25. The lowest BCUT2D eigenvalue weighted by molar-refractivity contribution is -0.143. The number of benzene rings is 2. The number of carbonyl (C=O) groups excluding carboxylic acids is 2. The number of hydrogen-bond donors (Lipinski definition) is 1. The number of esters is 1. The van der Waals surface area contributed by atoms with Crippen LogP contribution in [0.15, 0.2) is 48.5 Å². The van der Waals surface area contributed by atoms with Gasteiger partial charge in [-0.15, -0.1) is 6.42 Å². The Morgan fingerprint density at radius 2 is 1.57 bits per heavy atom. The smallest absolute Gasteiger partial charge is 0.408 e. The molecule has 5 nitrogen and oxygen atoms in total. The molecule has 0 aromatic heterocycles. The van der Waals surface area contributed by atoms with E-state index in [1.165, 1.54) is 7.11 Å². The lowest BCUT2D eigenvalue weighted by Gasteiger charge is -2.22. The summed E-state index contributed by atoms with van der Waals surface area (Å²) in [6.07, 6.45) is 5.02. The second kappa shape index (κ2) is 9.09. The quantitative estimate of drug-likeness (QED) is 0.631. The lowest BCUT2D eigenvalue weighted by atomic mass is 10.00. The summed E-state index contributed by atoms with van der Waals surface area (Å²) in [6.45, 7) is 5.28. The minimum atomic E-state index is -0.833. The van der Waals surface area contributed by atoms with Gasteiger partial charge < -0.3 is 14.8 Å². The predicted molar refractivity (Wildman–Crippen MR) is 109 cm³/mol. The van der Waals surface area contributed by atoms with Crippen LogP contribution in [0, 0.1) is 12.3 Å². The van der Waals surface area contributed by atoms with Gasteiger partial charge in [-0.25, -0.2) is 9.59 Å². The largest absolute Gasteiger partial charge is 0.467 e. The molecular formula is C23H25NO4. The Morgan fingerprint density at radius 3 is 2.04 bits per heavy atom. The number of alkyl carbamates (subject to hydrolysis) is 1. The SMILES string of the molecule is C#Cc1ccc(-c2ccc(CC(NC(=O)OC(C)(C)C)C(=O)OC)cc2)cc1. The number of ether oxygens (including phenoxy) is 2. The Balaban J connectivity index is 2.10. The van der Waals surface area contributed by atoms with Gasteiger partial charge in [0.1, 0.15) is 11.6 Å². The van der Waals surface area contributed by atoms with E-state index in [4.69, 9.17) is 15.9 Å². The Bertz CT molecular complexity index is 855. The Labute approximate surface area is 166 Å². The topological polar surface area (TPSA) is 64.6 Å². The first-order valence-electron chi connectivity index (χ1n) is 8.95. The fourth-order valence-corrected chi connectivity index (χ4v) is 2.61. The third-order valence-corrected chi connectivity index (χ3v) is 3.96. The summed E-state index contributed by atoms with van der Waals surface area (Å²) < 4.78 is 10.0. The molecule has 5 heteroatoms. The molecule has 1 N–H and O–H groups in total. The molecule has 0 saturated heterocycles. The second-order valence-corrected chi connectivity index (χ2v) is 7.34. The minimum absolute atomic E-state index is 0.294. The zero-order valence-corrected chi connectivity index (χ0v) is 16.6. The van der Waals surface area contributed by atoms with Crippen LogP contribution in [0.4, 0.5) is 4.79 Å². The van der Waals surface area contributed by atoms with Crippen molar-refractivity contribution in [3.05, 3.63) is 59.7 Å². The summed E-state index contributed by atoms with van der Waals surface area (Å²) in [4.78, 5) is 24.1. The summed E-state index contributed by atoms with van der Waals surface area (Å²) in [5.41, 5.74) is 3.13. The van der Waals surface area contributed by atoms with Crippen LogP contribution < -0.4 is 5.32 Å². The van der Waals surface area contributed by atoms with E-state index >= 15 is 0 Å². The number of rotatable bonds is 5. The number of terminal acetylenes is 1. The van der Waals surface area contributed by atoms with Crippen molar-refractivity contribution in [2.24, 2.45) is 0 Å². The van der Waals surface area contributed by atoms with Gasteiger partial charge in [-0.05, 0) is 49.6 Å². The highest BCUT2D eigenvalue weighted by molar-refractivity contribution is 5.81. The third kappa shape index (κ3) is 6.17. The molecule has 0 radical (unpaired) electrons. The van der Waals surface area contributed by atoms with Gasteiger partial charge >= 0.3 is 12.1 Å². The Kier molecular flexibility index (Phi) is 6.84. The molecule has 0 aliphatic rings. The molecule has 28 heavy (non-hydrogen) atoms. The molecule has 2 aromatic carbocycles. The Morgan fingerprint density at radius 1 is 1.04 bits per heavy atom. The molecule has 0 bridgehead atoms. The van der Waals surface area contributed by atoms with Crippen molar-refractivity contribution in [1.82, 2.24) is 5.32 Å². The molecule has 2 rings (SSSR count). The summed E-state index contributed by atoms with van der Waals surface area (Å²) in [6, 6.07) is 14.6. The average Bonchev–Trinajstić information content (AvgIpc) is 2.66. The first-order chi connectivity index (χ1) is 13.2. The zero-order valence-electron chi connectivity index (χ0n) is 16.6. The zero-order chi connectivity index (χ0) is 20.7.